The van der Waals surface area contributed by atoms with Crippen molar-refractivity contribution in [3.63, 3.8) is 0 Å². The van der Waals surface area contributed by atoms with Gasteiger partial charge in [0.05, 0.1) is 16.8 Å². The van der Waals surface area contributed by atoms with Gasteiger partial charge in [-0.25, -0.2) is 0 Å². The van der Waals surface area contributed by atoms with E-state index in [-0.39, 0.29) is 22.8 Å². The van der Waals surface area contributed by atoms with Crippen LogP contribution in [0.2, 0.25) is 0 Å². The van der Waals surface area contributed by atoms with E-state index in [1.54, 1.807) is 12.1 Å². The van der Waals surface area contributed by atoms with Crippen LogP contribution < -0.4 is 4.74 Å². The van der Waals surface area contributed by atoms with Gasteiger partial charge in [0.1, 0.15) is 18.5 Å². The third-order valence-corrected chi connectivity index (χ3v) is 5.68. The molecule has 13 heteroatoms. The number of ketones is 2. The molecule has 5 atom stereocenters. The molecule has 0 amide bonds. The molecule has 210 valence electrons. The Balaban J connectivity index is 2.12. The number of fused-ring (bicyclic) bond motifs is 1. The minimum absolute atomic E-state index is 0.00662. The predicted octanol–water partition coefficient (Wildman–Crippen LogP) is 2.03. The molecule has 0 bridgehead atoms. The first kappa shape index (κ1) is 29.3. The van der Waals surface area contributed by atoms with Gasteiger partial charge in [0.15, 0.2) is 23.8 Å². The van der Waals surface area contributed by atoms with Crippen LogP contribution in [0.25, 0.3) is 10.9 Å². The van der Waals surface area contributed by atoms with Crippen LogP contribution in [0.3, 0.4) is 0 Å². The molecule has 1 aromatic carbocycles. The van der Waals surface area contributed by atoms with Crippen molar-refractivity contribution in [3.05, 3.63) is 29.5 Å². The highest BCUT2D eigenvalue weighted by Crippen LogP contribution is 2.34. The van der Waals surface area contributed by atoms with E-state index in [2.05, 4.69) is 4.98 Å². The summed E-state index contributed by atoms with van der Waals surface area (Å²) in [5.74, 6) is -3.70. The van der Waals surface area contributed by atoms with Crippen LogP contribution in [0.5, 0.6) is 5.75 Å². The minimum atomic E-state index is -1.52. The lowest BCUT2D eigenvalue weighted by atomic mass is 9.98. The summed E-state index contributed by atoms with van der Waals surface area (Å²) in [6.07, 6.45) is -7.02. The second-order valence-electron chi connectivity index (χ2n) is 8.88. The summed E-state index contributed by atoms with van der Waals surface area (Å²) in [7, 11) is 0. The summed E-state index contributed by atoms with van der Waals surface area (Å²) in [6.45, 7) is 6.69. The molecule has 2 aromatic rings. The highest BCUT2D eigenvalue weighted by Gasteiger charge is 2.53. The monoisotopic (exact) mass is 547 g/mol. The van der Waals surface area contributed by atoms with Crippen molar-refractivity contribution in [2.45, 2.75) is 72.2 Å². The van der Waals surface area contributed by atoms with Crippen LogP contribution in [0.15, 0.2) is 18.2 Å². The fraction of sp³-hybridized carbons (Fsp3) is 0.462. The van der Waals surface area contributed by atoms with Crippen molar-refractivity contribution in [3.8, 4) is 5.75 Å². The van der Waals surface area contributed by atoms with Crippen LogP contribution in [-0.4, -0.2) is 77.7 Å². The lowest BCUT2D eigenvalue weighted by molar-refractivity contribution is -0.288. The van der Waals surface area contributed by atoms with Crippen molar-refractivity contribution in [2.24, 2.45) is 0 Å². The number of hydrogen-bond donors (Lipinski definition) is 1. The molecule has 1 fully saturated rings. The molecule has 1 N–H and O–H groups in total. The third kappa shape index (κ3) is 6.99. The van der Waals surface area contributed by atoms with Crippen LogP contribution in [0, 0.1) is 0 Å². The summed E-state index contributed by atoms with van der Waals surface area (Å²) in [4.78, 5) is 75.0. The van der Waals surface area contributed by atoms with Gasteiger partial charge < -0.3 is 33.4 Å². The SMILES string of the molecule is CC(=O)OC[C@H]1OC(Oc2ccc3cc(C(C)=O)[nH]c3c2C(C)=O)[C@H](OC(C)=O)[C@@H](OC(C)=O)[C@H]1OC(C)=O. The molecule has 0 spiro atoms. The predicted molar refractivity (Wildman–Crippen MR) is 131 cm³/mol. The smallest absolute Gasteiger partial charge is 0.303 e. The second kappa shape index (κ2) is 12.1. The van der Waals surface area contributed by atoms with E-state index in [1.165, 1.54) is 19.9 Å². The molecule has 0 aliphatic carbocycles. The lowest BCUT2D eigenvalue weighted by Gasteiger charge is -2.44. The maximum Gasteiger partial charge on any atom is 0.303 e. The molecule has 1 saturated heterocycles. The zero-order valence-electron chi connectivity index (χ0n) is 22.2. The van der Waals surface area contributed by atoms with Gasteiger partial charge in [-0.3, -0.25) is 28.8 Å². The van der Waals surface area contributed by atoms with Gasteiger partial charge in [-0.2, -0.15) is 0 Å². The Bertz CT molecular complexity index is 1310. The highest BCUT2D eigenvalue weighted by atomic mass is 16.7. The number of esters is 4. The van der Waals surface area contributed by atoms with Gasteiger partial charge in [-0.1, -0.05) is 0 Å². The average molecular weight is 548 g/mol. The number of Topliss-reactive ketones (excluding diaryl/α,β-unsaturated/α-hetero) is 2. The van der Waals surface area contributed by atoms with Crippen LogP contribution >= 0.6 is 0 Å². The first-order valence-electron chi connectivity index (χ1n) is 11.9. The van der Waals surface area contributed by atoms with E-state index in [4.69, 9.17) is 28.4 Å². The van der Waals surface area contributed by atoms with E-state index in [1.807, 2.05) is 0 Å². The molecule has 0 saturated carbocycles. The first-order valence-corrected chi connectivity index (χ1v) is 11.9. The van der Waals surface area contributed by atoms with Crippen LogP contribution in [-0.2, 0) is 42.9 Å². The summed E-state index contributed by atoms with van der Waals surface area (Å²) in [5.41, 5.74) is 0.681. The molecule has 39 heavy (non-hydrogen) atoms. The normalized spacial score (nSPS) is 22.5. The van der Waals surface area contributed by atoms with Crippen molar-refractivity contribution in [1.82, 2.24) is 4.98 Å². The van der Waals surface area contributed by atoms with E-state index in [0.29, 0.717) is 10.9 Å². The van der Waals surface area contributed by atoms with Gasteiger partial charge >= 0.3 is 23.9 Å². The fourth-order valence-corrected chi connectivity index (χ4v) is 4.23. The number of aromatic amines is 1. The quantitative estimate of drug-likeness (QED) is 0.275. The van der Waals surface area contributed by atoms with Crippen LogP contribution in [0.4, 0.5) is 0 Å². The van der Waals surface area contributed by atoms with Crippen molar-refractivity contribution >= 4 is 46.3 Å². The molecule has 3 rings (SSSR count). The molecule has 1 aliphatic heterocycles. The number of rotatable bonds is 9. The minimum Gasteiger partial charge on any atom is -0.463 e. The summed E-state index contributed by atoms with van der Waals surface area (Å²) in [6, 6.07) is 4.65. The van der Waals surface area contributed by atoms with Gasteiger partial charge in [0, 0.05) is 40.0 Å². The number of ether oxygens (including phenoxy) is 6. The van der Waals surface area contributed by atoms with Gasteiger partial charge in [-0.05, 0) is 25.1 Å². The first-order chi connectivity index (χ1) is 18.3. The number of nitrogens with one attached hydrogen (secondary N) is 1. The number of hydrogen-bond acceptors (Lipinski definition) is 12. The van der Waals surface area contributed by atoms with E-state index < -0.39 is 67.0 Å². The summed E-state index contributed by atoms with van der Waals surface area (Å²) < 4.78 is 33.2. The van der Waals surface area contributed by atoms with Crippen molar-refractivity contribution < 1.29 is 57.2 Å². The molecule has 13 nitrogen and oxygen atoms in total. The number of H-pyrrole nitrogens is 1. The zero-order valence-corrected chi connectivity index (χ0v) is 22.2. The number of benzene rings is 1. The molecule has 0 radical (unpaired) electrons. The summed E-state index contributed by atoms with van der Waals surface area (Å²) >= 11 is 0. The van der Waals surface area contributed by atoms with E-state index in [9.17, 15) is 28.8 Å². The number of carbonyl (C=O) groups is 6. The molecular weight excluding hydrogens is 518 g/mol. The Morgan fingerprint density at radius 1 is 0.769 bits per heavy atom. The maximum absolute atomic E-state index is 12.7. The van der Waals surface area contributed by atoms with E-state index >= 15 is 0 Å². The number of carbonyl (C=O) groups excluding carboxylic acids is 6. The highest BCUT2D eigenvalue weighted by molar-refractivity contribution is 6.10. The Kier molecular flexibility index (Phi) is 9.07. The van der Waals surface area contributed by atoms with Crippen molar-refractivity contribution in [2.75, 3.05) is 6.61 Å². The zero-order chi connectivity index (χ0) is 29.0. The molecular formula is C26H29NO12. The Hall–Kier alpha value is -4.26. The standard InChI is InChI=1S/C26H29NO12/c1-11(28)18-9-17-7-8-19(21(12(2)29)22(17)27-18)38-26-25(37-16(6)33)24(36-15(5)32)23(35-14(4)31)20(39-26)10-34-13(3)30/h7-9,20,23-27H,10H2,1-6H3/t20-,23+,24+,25-,26?/m1/s1. The maximum atomic E-state index is 12.7. The second-order valence-corrected chi connectivity index (χ2v) is 8.88. The van der Waals surface area contributed by atoms with Gasteiger partial charge in [0.25, 0.3) is 0 Å². The third-order valence-electron chi connectivity index (χ3n) is 5.68. The average Bonchev–Trinajstić information content (AvgIpc) is 3.25. The van der Waals surface area contributed by atoms with E-state index in [0.717, 1.165) is 27.7 Å². The lowest BCUT2D eigenvalue weighted by Crippen LogP contribution is -2.63. The fourth-order valence-electron chi connectivity index (χ4n) is 4.23. The van der Waals surface area contributed by atoms with Crippen LogP contribution in [0.1, 0.15) is 62.4 Å². The molecule has 1 aromatic heterocycles. The van der Waals surface area contributed by atoms with Gasteiger partial charge in [-0.15, -0.1) is 0 Å². The molecule has 1 unspecified atom stereocenters. The van der Waals surface area contributed by atoms with Gasteiger partial charge in [0.2, 0.25) is 12.4 Å². The number of aromatic nitrogens is 1. The molecule has 2 heterocycles. The van der Waals surface area contributed by atoms with Crippen molar-refractivity contribution in [1.29, 1.82) is 0 Å². The molecule has 1 aliphatic rings. The summed E-state index contributed by atoms with van der Waals surface area (Å²) in [5, 5.41) is 0.569. The topological polar surface area (TPSA) is 174 Å². The Labute approximate surface area is 223 Å². The largest absolute Gasteiger partial charge is 0.463 e. The Morgan fingerprint density at radius 2 is 1.36 bits per heavy atom. The Morgan fingerprint density at radius 3 is 1.90 bits per heavy atom.